The van der Waals surface area contributed by atoms with Crippen LogP contribution in [0, 0.1) is 19.7 Å². The molecule has 0 radical (unpaired) electrons. The zero-order valence-corrected chi connectivity index (χ0v) is 16.9. The normalized spacial score (nSPS) is 18.9. The molecule has 154 valence electrons. The standard InChI is InChI=1S/C23H21FN2O4/c1-4-23(16-6-8-17(24)9-7-16)21(28)26(22(29)25-23)12-15-11-19(27)30-20-14(3)13(2)5-10-18(15)20/h5-11H,4,12H2,1-3H3,(H,25,29)/t23-/m1/s1. The van der Waals surface area contributed by atoms with Crippen LogP contribution in [-0.2, 0) is 16.9 Å². The molecule has 1 aliphatic heterocycles. The average molecular weight is 408 g/mol. The Morgan fingerprint density at radius 1 is 1.07 bits per heavy atom. The number of benzene rings is 2. The minimum absolute atomic E-state index is 0.0712. The van der Waals surface area contributed by atoms with E-state index >= 15 is 0 Å². The molecule has 1 N–H and O–H groups in total. The number of hydrogen-bond acceptors (Lipinski definition) is 4. The minimum atomic E-state index is -1.27. The number of hydrogen-bond donors (Lipinski definition) is 1. The summed E-state index contributed by atoms with van der Waals surface area (Å²) in [6.45, 7) is 5.48. The number of nitrogens with one attached hydrogen (secondary N) is 1. The van der Waals surface area contributed by atoms with E-state index in [-0.39, 0.29) is 6.54 Å². The number of rotatable bonds is 4. The molecule has 2 heterocycles. The first-order valence-corrected chi connectivity index (χ1v) is 9.70. The predicted octanol–water partition coefficient (Wildman–Crippen LogP) is 3.91. The molecule has 1 aliphatic rings. The zero-order chi connectivity index (χ0) is 21.6. The number of amides is 3. The fraction of sp³-hybridized carbons (Fsp3) is 0.261. The molecule has 4 rings (SSSR count). The average Bonchev–Trinajstić information content (AvgIpc) is 2.96. The van der Waals surface area contributed by atoms with Crippen molar-refractivity contribution in [1.29, 1.82) is 0 Å². The Balaban J connectivity index is 1.77. The third kappa shape index (κ3) is 2.98. The van der Waals surface area contributed by atoms with Crippen LogP contribution < -0.4 is 10.9 Å². The van der Waals surface area contributed by atoms with Gasteiger partial charge in [0.05, 0.1) is 6.54 Å². The molecule has 6 nitrogen and oxygen atoms in total. The van der Waals surface area contributed by atoms with E-state index in [1.807, 2.05) is 26.0 Å². The maximum absolute atomic E-state index is 13.4. The first-order chi connectivity index (χ1) is 14.3. The number of carbonyl (C=O) groups is 2. The lowest BCUT2D eigenvalue weighted by Crippen LogP contribution is -2.43. The number of halogens is 1. The molecule has 3 aromatic rings. The van der Waals surface area contributed by atoms with Crippen molar-refractivity contribution in [3.63, 3.8) is 0 Å². The van der Waals surface area contributed by atoms with E-state index in [9.17, 15) is 18.8 Å². The van der Waals surface area contributed by atoms with Crippen LogP contribution in [-0.4, -0.2) is 16.8 Å². The first-order valence-electron chi connectivity index (χ1n) is 9.70. The second-order valence-corrected chi connectivity index (χ2v) is 7.56. The van der Waals surface area contributed by atoms with Crippen LogP contribution >= 0.6 is 0 Å². The summed E-state index contributed by atoms with van der Waals surface area (Å²) >= 11 is 0. The molecule has 0 unspecified atom stereocenters. The summed E-state index contributed by atoms with van der Waals surface area (Å²) in [5.74, 6) is -0.862. The van der Waals surface area contributed by atoms with Crippen LogP contribution in [0.2, 0.25) is 0 Å². The fourth-order valence-corrected chi connectivity index (χ4v) is 3.97. The Bertz CT molecular complexity index is 1230. The molecular formula is C23H21FN2O4. The van der Waals surface area contributed by atoms with Crippen molar-refractivity contribution in [2.75, 3.05) is 0 Å². The number of fused-ring (bicyclic) bond motifs is 1. The molecule has 0 saturated carbocycles. The second kappa shape index (κ2) is 7.09. The third-order valence-electron chi connectivity index (χ3n) is 5.89. The van der Waals surface area contributed by atoms with Gasteiger partial charge in [-0.3, -0.25) is 9.69 Å². The van der Waals surface area contributed by atoms with Crippen molar-refractivity contribution >= 4 is 22.9 Å². The Labute approximate surface area is 172 Å². The molecular weight excluding hydrogens is 387 g/mol. The summed E-state index contributed by atoms with van der Waals surface area (Å²) in [5.41, 5.74) is 1.47. The Kier molecular flexibility index (Phi) is 4.68. The summed E-state index contributed by atoms with van der Waals surface area (Å²) in [6, 6.07) is 9.99. The molecule has 0 spiro atoms. The van der Waals surface area contributed by atoms with Gasteiger partial charge in [-0.2, -0.15) is 0 Å². The van der Waals surface area contributed by atoms with Crippen molar-refractivity contribution in [2.24, 2.45) is 0 Å². The third-order valence-corrected chi connectivity index (χ3v) is 5.89. The lowest BCUT2D eigenvalue weighted by atomic mass is 9.87. The van der Waals surface area contributed by atoms with Gasteiger partial charge in [0, 0.05) is 11.5 Å². The Morgan fingerprint density at radius 2 is 1.77 bits per heavy atom. The van der Waals surface area contributed by atoms with E-state index in [2.05, 4.69) is 5.32 Å². The van der Waals surface area contributed by atoms with E-state index in [0.29, 0.717) is 28.5 Å². The summed E-state index contributed by atoms with van der Waals surface area (Å²) in [4.78, 5) is 39.3. The highest BCUT2D eigenvalue weighted by Gasteiger charge is 2.51. The van der Waals surface area contributed by atoms with Gasteiger partial charge in [0.25, 0.3) is 5.91 Å². The number of carbonyl (C=O) groups excluding carboxylic acids is 2. The molecule has 0 aliphatic carbocycles. The van der Waals surface area contributed by atoms with Crippen LogP contribution in [0.4, 0.5) is 9.18 Å². The van der Waals surface area contributed by atoms with Crippen molar-refractivity contribution in [3.05, 3.63) is 81.0 Å². The van der Waals surface area contributed by atoms with Gasteiger partial charge in [0.2, 0.25) is 0 Å². The molecule has 1 fully saturated rings. The first kappa shape index (κ1) is 19.8. The van der Waals surface area contributed by atoms with E-state index in [0.717, 1.165) is 16.0 Å². The van der Waals surface area contributed by atoms with Crippen molar-refractivity contribution in [3.8, 4) is 0 Å². The molecule has 1 atom stereocenters. The molecule has 2 aromatic carbocycles. The minimum Gasteiger partial charge on any atom is -0.422 e. The highest BCUT2D eigenvalue weighted by Crippen LogP contribution is 2.34. The molecule has 1 saturated heterocycles. The number of imide groups is 1. The van der Waals surface area contributed by atoms with Crippen LogP contribution in [0.3, 0.4) is 0 Å². The van der Waals surface area contributed by atoms with Gasteiger partial charge in [-0.1, -0.05) is 31.2 Å². The summed E-state index contributed by atoms with van der Waals surface area (Å²) < 4.78 is 18.7. The van der Waals surface area contributed by atoms with E-state index in [1.165, 1.54) is 30.3 Å². The topological polar surface area (TPSA) is 79.6 Å². The quantitative estimate of drug-likeness (QED) is 0.524. The summed E-state index contributed by atoms with van der Waals surface area (Å²) in [5, 5.41) is 3.44. The lowest BCUT2D eigenvalue weighted by molar-refractivity contribution is -0.132. The van der Waals surface area contributed by atoms with E-state index < -0.39 is 28.9 Å². The fourth-order valence-electron chi connectivity index (χ4n) is 3.97. The van der Waals surface area contributed by atoms with Crippen LogP contribution in [0.25, 0.3) is 11.0 Å². The van der Waals surface area contributed by atoms with E-state index in [4.69, 9.17) is 4.42 Å². The maximum atomic E-state index is 13.4. The van der Waals surface area contributed by atoms with Gasteiger partial charge in [-0.05, 0) is 54.7 Å². The van der Waals surface area contributed by atoms with Gasteiger partial charge in [0.15, 0.2) is 0 Å². The Morgan fingerprint density at radius 3 is 2.43 bits per heavy atom. The Hall–Kier alpha value is -3.48. The van der Waals surface area contributed by atoms with Gasteiger partial charge in [0.1, 0.15) is 16.9 Å². The van der Waals surface area contributed by atoms with Crippen molar-refractivity contribution < 1.29 is 18.4 Å². The molecule has 1 aromatic heterocycles. The van der Waals surface area contributed by atoms with Crippen LogP contribution in [0.5, 0.6) is 0 Å². The number of nitrogens with zero attached hydrogens (tertiary/aromatic N) is 1. The lowest BCUT2D eigenvalue weighted by Gasteiger charge is -2.26. The summed E-state index contributed by atoms with van der Waals surface area (Å²) in [7, 11) is 0. The molecule has 0 bridgehead atoms. The summed E-state index contributed by atoms with van der Waals surface area (Å²) in [6.07, 6.45) is 0.301. The molecule has 30 heavy (non-hydrogen) atoms. The smallest absolute Gasteiger partial charge is 0.336 e. The van der Waals surface area contributed by atoms with Gasteiger partial charge in [-0.15, -0.1) is 0 Å². The van der Waals surface area contributed by atoms with Gasteiger partial charge in [-0.25, -0.2) is 14.0 Å². The molecule has 3 amide bonds. The highest BCUT2D eigenvalue weighted by atomic mass is 19.1. The van der Waals surface area contributed by atoms with Crippen LogP contribution in [0.1, 0.15) is 35.6 Å². The van der Waals surface area contributed by atoms with Crippen LogP contribution in [0.15, 0.2) is 51.7 Å². The van der Waals surface area contributed by atoms with Crippen molar-refractivity contribution in [2.45, 2.75) is 39.3 Å². The van der Waals surface area contributed by atoms with E-state index in [1.54, 1.807) is 6.92 Å². The monoisotopic (exact) mass is 408 g/mol. The maximum Gasteiger partial charge on any atom is 0.336 e. The van der Waals surface area contributed by atoms with Crippen molar-refractivity contribution in [1.82, 2.24) is 10.2 Å². The zero-order valence-electron chi connectivity index (χ0n) is 16.9. The van der Waals surface area contributed by atoms with Gasteiger partial charge >= 0.3 is 11.7 Å². The number of urea groups is 1. The predicted molar refractivity (Wildman–Crippen MR) is 109 cm³/mol. The highest BCUT2D eigenvalue weighted by molar-refractivity contribution is 6.07. The SMILES string of the molecule is CC[C@]1(c2ccc(F)cc2)NC(=O)N(Cc2cc(=O)oc3c(C)c(C)ccc23)C1=O. The molecule has 7 heteroatoms. The number of aryl methyl sites for hydroxylation is 2. The van der Waals surface area contributed by atoms with Gasteiger partial charge < -0.3 is 9.73 Å². The largest absolute Gasteiger partial charge is 0.422 e. The second-order valence-electron chi connectivity index (χ2n) is 7.56.